The van der Waals surface area contributed by atoms with Gasteiger partial charge < -0.3 is 19.6 Å². The molecule has 2 amide bonds. The summed E-state index contributed by atoms with van der Waals surface area (Å²) in [6.45, 7) is 2.62. The maximum atomic E-state index is 13.3. The minimum atomic E-state index is -5.03. The minimum Gasteiger partial charge on any atom is -0.457 e. The molecule has 0 bridgehead atoms. The van der Waals surface area contributed by atoms with Crippen molar-refractivity contribution in [3.8, 4) is 11.3 Å². The molecule has 2 aromatic carbocycles. The quantitative estimate of drug-likeness (QED) is 0.133. The van der Waals surface area contributed by atoms with Gasteiger partial charge in [-0.15, -0.1) is 0 Å². The zero-order valence-electron chi connectivity index (χ0n) is 22.0. The highest BCUT2D eigenvalue weighted by Gasteiger charge is 2.37. The molecule has 0 atom stereocenters. The molecule has 0 fully saturated rings. The van der Waals surface area contributed by atoms with E-state index >= 15 is 0 Å². The second kappa shape index (κ2) is 12.4. The van der Waals surface area contributed by atoms with Crippen LogP contribution in [0.1, 0.15) is 39.2 Å². The summed E-state index contributed by atoms with van der Waals surface area (Å²) in [6.07, 6.45) is -3.41. The summed E-state index contributed by atoms with van der Waals surface area (Å²) in [5, 5.41) is 5.17. The first-order valence-electron chi connectivity index (χ1n) is 12.5. The van der Waals surface area contributed by atoms with Crippen LogP contribution in [0.4, 0.5) is 26.3 Å². The van der Waals surface area contributed by atoms with Gasteiger partial charge in [0.05, 0.1) is 17.5 Å². The molecule has 2 N–H and O–H groups in total. The third-order valence-corrected chi connectivity index (χ3v) is 6.03. The van der Waals surface area contributed by atoms with Crippen LogP contribution >= 0.6 is 0 Å². The fourth-order valence-corrected chi connectivity index (χ4v) is 3.86. The second-order valence-electron chi connectivity index (χ2n) is 9.28. The van der Waals surface area contributed by atoms with Crippen LogP contribution in [0.25, 0.3) is 17.4 Å². The molecule has 2 aromatic heterocycles. The topological polar surface area (TPSA) is 89.2 Å². The van der Waals surface area contributed by atoms with Crippen LogP contribution in [0.3, 0.4) is 0 Å². The number of rotatable bonds is 9. The Hall–Kier alpha value is -4.81. The molecule has 0 saturated carbocycles. The average molecular weight is 591 g/mol. The Bertz CT molecular complexity index is 1540. The lowest BCUT2D eigenvalue weighted by Crippen LogP contribution is -2.35. The third-order valence-electron chi connectivity index (χ3n) is 6.03. The van der Waals surface area contributed by atoms with Crippen LogP contribution < -0.4 is 10.6 Å². The minimum absolute atomic E-state index is 0.0170. The number of alkyl halides is 6. The molecule has 4 rings (SSSR count). The van der Waals surface area contributed by atoms with Crippen LogP contribution in [0.5, 0.6) is 0 Å². The molecular formula is C29H24F6N4O3. The molecule has 0 aliphatic heterocycles. The van der Waals surface area contributed by atoms with E-state index in [4.69, 9.17) is 4.42 Å². The highest BCUT2D eigenvalue weighted by atomic mass is 19.4. The van der Waals surface area contributed by atoms with Gasteiger partial charge >= 0.3 is 12.4 Å². The molecule has 0 saturated heterocycles. The fraction of sp³-hybridized carbons (Fsp3) is 0.207. The number of carbonyl (C=O) groups excluding carboxylic acids is 2. The zero-order chi connectivity index (χ0) is 30.5. The van der Waals surface area contributed by atoms with Crippen molar-refractivity contribution < 1.29 is 40.3 Å². The number of carbonyl (C=O) groups is 2. The molecule has 0 aliphatic carbocycles. The lowest BCUT2D eigenvalue weighted by molar-refractivity contribution is -0.143. The Kier molecular flexibility index (Phi) is 8.88. The van der Waals surface area contributed by atoms with Crippen LogP contribution in [-0.4, -0.2) is 27.9 Å². The summed E-state index contributed by atoms with van der Waals surface area (Å²) in [4.78, 5) is 29.8. The van der Waals surface area contributed by atoms with Crippen LogP contribution in [0, 0.1) is 6.92 Å². The molecule has 220 valence electrons. The Balaban J connectivity index is 1.60. The van der Waals surface area contributed by atoms with Gasteiger partial charge in [-0.05, 0) is 55.8 Å². The lowest BCUT2D eigenvalue weighted by Gasteiger charge is -2.13. The molecule has 0 unspecified atom stereocenters. The van der Waals surface area contributed by atoms with Crippen LogP contribution in [-0.2, 0) is 23.7 Å². The molecule has 42 heavy (non-hydrogen) atoms. The monoisotopic (exact) mass is 590 g/mol. The predicted molar refractivity (Wildman–Crippen MR) is 141 cm³/mol. The summed E-state index contributed by atoms with van der Waals surface area (Å²) in [5.41, 5.74) is -2.55. The van der Waals surface area contributed by atoms with E-state index in [0.29, 0.717) is 25.1 Å². The number of aromatic nitrogens is 2. The molecule has 2 heterocycles. The molecule has 4 aromatic rings. The number of aryl methyl sites for hydroxylation is 2. The molecule has 0 aliphatic rings. The van der Waals surface area contributed by atoms with Crippen molar-refractivity contribution in [2.24, 2.45) is 0 Å². The van der Waals surface area contributed by atoms with E-state index in [1.165, 1.54) is 12.1 Å². The largest absolute Gasteiger partial charge is 0.457 e. The number of nitrogens with zero attached hydrogens (tertiary/aromatic N) is 2. The number of benzene rings is 2. The van der Waals surface area contributed by atoms with Gasteiger partial charge in [-0.25, -0.2) is 4.98 Å². The van der Waals surface area contributed by atoms with Crippen LogP contribution in [0.15, 0.2) is 83.4 Å². The fourth-order valence-electron chi connectivity index (χ4n) is 3.86. The Morgan fingerprint density at radius 2 is 1.62 bits per heavy atom. The summed E-state index contributed by atoms with van der Waals surface area (Å²) >= 11 is 0. The van der Waals surface area contributed by atoms with Crippen molar-refractivity contribution in [1.82, 2.24) is 20.2 Å². The number of hydrogen-bond acceptors (Lipinski definition) is 4. The number of amides is 2. The lowest BCUT2D eigenvalue weighted by atomic mass is 10.0. The van der Waals surface area contributed by atoms with Gasteiger partial charge in [-0.1, -0.05) is 17.7 Å². The molecule has 0 spiro atoms. The summed E-state index contributed by atoms with van der Waals surface area (Å²) in [7, 11) is 0. The number of halogens is 6. The standard InChI is InChI=1S/C29H24F6N4O3/c1-18-3-5-19(6-4-18)26(40)38-24(27(41)37-9-2-11-39-12-10-36-17-39)16-23-7-8-25(42-23)20-13-21(28(30,31)32)15-22(14-20)29(33,34)35/h3-8,10,12-17H,2,9,11H2,1H3,(H,37,41)(H,38,40)/b24-16+. The van der Waals surface area contributed by atoms with Crippen molar-refractivity contribution in [1.29, 1.82) is 0 Å². The van der Waals surface area contributed by atoms with Crippen molar-refractivity contribution in [2.45, 2.75) is 32.2 Å². The first-order chi connectivity index (χ1) is 19.8. The first-order valence-corrected chi connectivity index (χ1v) is 12.5. The van der Waals surface area contributed by atoms with Crippen molar-refractivity contribution in [3.05, 3.63) is 107 Å². The highest BCUT2D eigenvalue weighted by molar-refractivity contribution is 6.05. The van der Waals surface area contributed by atoms with Crippen molar-refractivity contribution in [2.75, 3.05) is 6.54 Å². The Morgan fingerprint density at radius 3 is 2.21 bits per heavy atom. The van der Waals surface area contributed by atoms with E-state index in [0.717, 1.165) is 11.6 Å². The second-order valence-corrected chi connectivity index (χ2v) is 9.28. The maximum Gasteiger partial charge on any atom is 0.416 e. The van der Waals surface area contributed by atoms with Gasteiger partial charge in [0.15, 0.2) is 0 Å². The number of nitrogens with one attached hydrogen (secondary N) is 2. The summed E-state index contributed by atoms with van der Waals surface area (Å²) in [5.74, 6) is -1.70. The summed E-state index contributed by atoms with van der Waals surface area (Å²) in [6, 6.07) is 10.0. The average Bonchev–Trinajstić information content (AvgIpc) is 3.62. The van der Waals surface area contributed by atoms with Gasteiger partial charge in [0.25, 0.3) is 11.8 Å². The Labute approximate surface area is 235 Å². The van der Waals surface area contributed by atoms with E-state index in [9.17, 15) is 35.9 Å². The first kappa shape index (κ1) is 30.2. The van der Waals surface area contributed by atoms with Gasteiger partial charge in [-0.3, -0.25) is 9.59 Å². The van der Waals surface area contributed by atoms with E-state index in [2.05, 4.69) is 15.6 Å². The zero-order valence-corrected chi connectivity index (χ0v) is 22.0. The van der Waals surface area contributed by atoms with Gasteiger partial charge in [0.1, 0.15) is 17.2 Å². The van der Waals surface area contributed by atoms with E-state index in [-0.39, 0.29) is 35.4 Å². The molecule has 7 nitrogen and oxygen atoms in total. The van der Waals surface area contributed by atoms with Crippen molar-refractivity contribution >= 4 is 17.9 Å². The number of imidazole rings is 1. The molecule has 13 heteroatoms. The summed E-state index contributed by atoms with van der Waals surface area (Å²) < 4.78 is 87.2. The van der Waals surface area contributed by atoms with E-state index in [1.807, 2.05) is 11.5 Å². The number of hydrogen-bond donors (Lipinski definition) is 2. The van der Waals surface area contributed by atoms with Crippen LogP contribution in [0.2, 0.25) is 0 Å². The van der Waals surface area contributed by atoms with Crippen molar-refractivity contribution in [3.63, 3.8) is 0 Å². The number of furan rings is 1. The highest BCUT2D eigenvalue weighted by Crippen LogP contribution is 2.39. The van der Waals surface area contributed by atoms with E-state index < -0.39 is 40.9 Å². The van der Waals surface area contributed by atoms with E-state index in [1.54, 1.807) is 43.0 Å². The normalized spacial score (nSPS) is 12.3. The Morgan fingerprint density at radius 1 is 0.952 bits per heavy atom. The smallest absolute Gasteiger partial charge is 0.416 e. The predicted octanol–water partition coefficient (Wildman–Crippen LogP) is 6.47. The van der Waals surface area contributed by atoms with Gasteiger partial charge in [0.2, 0.25) is 0 Å². The van der Waals surface area contributed by atoms with Gasteiger partial charge in [0, 0.05) is 42.7 Å². The molecular weight excluding hydrogens is 566 g/mol. The van der Waals surface area contributed by atoms with Gasteiger partial charge in [-0.2, -0.15) is 26.3 Å². The SMILES string of the molecule is Cc1ccc(C(=O)N/C(=C/c2ccc(-c3cc(C(F)(F)F)cc(C(F)(F)F)c3)o2)C(=O)NCCCn2ccnc2)cc1. The maximum absolute atomic E-state index is 13.3. The third kappa shape index (κ3) is 7.89. The molecule has 0 radical (unpaired) electrons.